The second kappa shape index (κ2) is 10.8. The fourth-order valence-corrected chi connectivity index (χ4v) is 6.12. The summed E-state index contributed by atoms with van der Waals surface area (Å²) in [6.45, 7) is 1.72. The average Bonchev–Trinajstić information content (AvgIpc) is 3.19. The lowest BCUT2D eigenvalue weighted by atomic mass is 10.2. The van der Waals surface area contributed by atoms with Crippen LogP contribution in [0.1, 0.15) is 18.9 Å². The Hall–Kier alpha value is -1.85. The fourth-order valence-electron chi connectivity index (χ4n) is 2.91. The van der Waals surface area contributed by atoms with Crippen molar-refractivity contribution in [2.24, 2.45) is 0 Å². The van der Waals surface area contributed by atoms with Crippen molar-refractivity contribution in [3.05, 3.63) is 64.1 Å². The first-order valence-corrected chi connectivity index (χ1v) is 13.8. The number of sulfonamides is 1. The Morgan fingerprint density at radius 1 is 1.16 bits per heavy atom. The number of thioether (sulfide) groups is 1. The smallest absolute Gasteiger partial charge is 0.250 e. The van der Waals surface area contributed by atoms with E-state index in [1.165, 1.54) is 41.3 Å². The van der Waals surface area contributed by atoms with Crippen LogP contribution in [0.2, 0.25) is 10.0 Å². The van der Waals surface area contributed by atoms with Gasteiger partial charge in [-0.2, -0.15) is 0 Å². The number of benzene rings is 2. The van der Waals surface area contributed by atoms with E-state index in [0.29, 0.717) is 9.47 Å². The van der Waals surface area contributed by atoms with Gasteiger partial charge in [0, 0.05) is 5.75 Å². The van der Waals surface area contributed by atoms with Gasteiger partial charge in [-0.15, -0.1) is 10.2 Å². The molecule has 0 radical (unpaired) electrons. The molecule has 1 N–H and O–H groups in total. The van der Waals surface area contributed by atoms with E-state index in [9.17, 15) is 13.2 Å². The molecule has 1 heterocycles. The maximum absolute atomic E-state index is 13.0. The summed E-state index contributed by atoms with van der Waals surface area (Å²) >= 11 is 14.8. The minimum Gasteiger partial charge on any atom is -0.299 e. The molecule has 1 aromatic heterocycles. The van der Waals surface area contributed by atoms with Crippen molar-refractivity contribution in [3.63, 3.8) is 0 Å². The number of anilines is 2. The van der Waals surface area contributed by atoms with Crippen molar-refractivity contribution in [1.82, 2.24) is 10.2 Å². The summed E-state index contributed by atoms with van der Waals surface area (Å²) in [5.74, 6) is 0.208. The van der Waals surface area contributed by atoms with Crippen molar-refractivity contribution in [2.45, 2.75) is 29.5 Å². The number of nitrogens with one attached hydrogen (secondary N) is 1. The standard InChI is InChI=1S/C20H20Cl2N4O3S3/c1-3-17(26(32(2,28)29)14-9-10-15(21)16(22)11-14)18(27)23-19-24-25-20(31-19)30-12-13-7-5-4-6-8-13/h4-11,17H,3,12H2,1-2H3,(H,23,24,27). The molecular formula is C20H20Cl2N4O3S3. The van der Waals surface area contributed by atoms with E-state index < -0.39 is 22.0 Å². The van der Waals surface area contributed by atoms with Crippen LogP contribution in [-0.2, 0) is 20.6 Å². The molecule has 0 saturated heterocycles. The molecular weight excluding hydrogens is 511 g/mol. The number of halogens is 2. The number of amides is 1. The minimum absolute atomic E-state index is 0.192. The zero-order chi connectivity index (χ0) is 23.3. The molecule has 1 amide bonds. The van der Waals surface area contributed by atoms with E-state index in [0.717, 1.165) is 21.9 Å². The summed E-state index contributed by atoms with van der Waals surface area (Å²) in [5.41, 5.74) is 1.40. The summed E-state index contributed by atoms with van der Waals surface area (Å²) in [7, 11) is -3.80. The normalized spacial score (nSPS) is 12.4. The molecule has 0 aliphatic rings. The second-order valence-corrected chi connectivity index (χ2v) is 11.6. The second-order valence-electron chi connectivity index (χ2n) is 6.72. The molecule has 1 unspecified atom stereocenters. The summed E-state index contributed by atoms with van der Waals surface area (Å²) in [5, 5.41) is 11.6. The van der Waals surface area contributed by atoms with E-state index in [4.69, 9.17) is 23.2 Å². The maximum Gasteiger partial charge on any atom is 0.250 e. The van der Waals surface area contributed by atoms with Crippen molar-refractivity contribution < 1.29 is 13.2 Å². The Morgan fingerprint density at radius 3 is 2.50 bits per heavy atom. The third-order valence-corrected chi connectivity index (χ3v) is 8.29. The van der Waals surface area contributed by atoms with E-state index in [1.807, 2.05) is 30.3 Å². The highest BCUT2D eigenvalue weighted by Crippen LogP contribution is 2.32. The van der Waals surface area contributed by atoms with E-state index in [2.05, 4.69) is 15.5 Å². The van der Waals surface area contributed by atoms with E-state index >= 15 is 0 Å². The number of carbonyl (C=O) groups excluding carboxylic acids is 1. The van der Waals surface area contributed by atoms with Crippen LogP contribution in [0.25, 0.3) is 0 Å². The number of hydrogen-bond donors (Lipinski definition) is 1. The zero-order valence-electron chi connectivity index (χ0n) is 17.2. The van der Waals surface area contributed by atoms with Gasteiger partial charge in [0.1, 0.15) is 6.04 Å². The quantitative estimate of drug-likeness (QED) is 0.297. The van der Waals surface area contributed by atoms with Gasteiger partial charge in [-0.25, -0.2) is 8.42 Å². The molecule has 0 fully saturated rings. The van der Waals surface area contributed by atoms with Gasteiger partial charge in [0.05, 0.1) is 22.0 Å². The molecule has 0 aliphatic carbocycles. The van der Waals surface area contributed by atoms with Gasteiger partial charge in [0.25, 0.3) is 0 Å². The van der Waals surface area contributed by atoms with Crippen molar-refractivity contribution >= 4 is 73.0 Å². The molecule has 170 valence electrons. The molecule has 2 aromatic carbocycles. The largest absolute Gasteiger partial charge is 0.299 e. The highest BCUT2D eigenvalue weighted by atomic mass is 35.5. The lowest BCUT2D eigenvalue weighted by Crippen LogP contribution is -2.47. The highest BCUT2D eigenvalue weighted by molar-refractivity contribution is 8.00. The van der Waals surface area contributed by atoms with E-state index in [1.54, 1.807) is 6.92 Å². The Labute approximate surface area is 205 Å². The number of hydrogen-bond acceptors (Lipinski definition) is 7. The Morgan fingerprint density at radius 2 is 1.88 bits per heavy atom. The zero-order valence-corrected chi connectivity index (χ0v) is 21.1. The van der Waals surface area contributed by atoms with Gasteiger partial charge >= 0.3 is 0 Å². The molecule has 0 saturated carbocycles. The summed E-state index contributed by atoms with van der Waals surface area (Å²) in [6.07, 6.45) is 1.27. The third-order valence-electron chi connectivity index (χ3n) is 4.33. The van der Waals surface area contributed by atoms with Crippen LogP contribution in [-0.4, -0.2) is 36.8 Å². The van der Waals surface area contributed by atoms with Crippen molar-refractivity contribution in [2.75, 3.05) is 15.9 Å². The number of nitrogens with zero attached hydrogens (tertiary/aromatic N) is 3. The maximum atomic E-state index is 13.0. The third kappa shape index (κ3) is 6.35. The molecule has 32 heavy (non-hydrogen) atoms. The van der Waals surface area contributed by atoms with Crippen LogP contribution < -0.4 is 9.62 Å². The number of carbonyl (C=O) groups is 1. The Balaban J connectivity index is 1.75. The van der Waals surface area contributed by atoms with Crippen LogP contribution in [0.4, 0.5) is 10.8 Å². The summed E-state index contributed by atoms with van der Waals surface area (Å²) < 4.78 is 26.8. The summed E-state index contributed by atoms with van der Waals surface area (Å²) in [4.78, 5) is 13.0. The van der Waals surface area contributed by atoms with Gasteiger partial charge in [-0.1, -0.05) is 83.6 Å². The van der Waals surface area contributed by atoms with Gasteiger partial charge in [-0.05, 0) is 30.2 Å². The topological polar surface area (TPSA) is 92.3 Å². The van der Waals surface area contributed by atoms with Gasteiger partial charge in [0.15, 0.2) is 4.34 Å². The van der Waals surface area contributed by atoms with Crippen LogP contribution in [0.5, 0.6) is 0 Å². The average molecular weight is 532 g/mol. The number of aromatic nitrogens is 2. The van der Waals surface area contributed by atoms with Gasteiger partial charge in [-0.3, -0.25) is 14.4 Å². The fraction of sp³-hybridized carbons (Fsp3) is 0.250. The Kier molecular flexibility index (Phi) is 8.40. The van der Waals surface area contributed by atoms with Crippen LogP contribution >= 0.6 is 46.3 Å². The molecule has 0 aliphatic heterocycles. The monoisotopic (exact) mass is 530 g/mol. The number of rotatable bonds is 9. The molecule has 0 bridgehead atoms. The molecule has 3 rings (SSSR count). The lowest BCUT2D eigenvalue weighted by molar-refractivity contribution is -0.117. The minimum atomic E-state index is -3.80. The Bertz CT molecular complexity index is 1190. The van der Waals surface area contributed by atoms with Crippen molar-refractivity contribution in [3.8, 4) is 0 Å². The first-order chi connectivity index (χ1) is 15.2. The summed E-state index contributed by atoms with van der Waals surface area (Å²) in [6, 6.07) is 13.3. The lowest BCUT2D eigenvalue weighted by Gasteiger charge is -2.30. The first kappa shape index (κ1) is 24.8. The predicted molar refractivity (Wildman–Crippen MR) is 132 cm³/mol. The van der Waals surface area contributed by atoms with Crippen molar-refractivity contribution in [1.29, 1.82) is 0 Å². The van der Waals surface area contributed by atoms with Crippen LogP contribution in [0.3, 0.4) is 0 Å². The predicted octanol–water partition coefficient (Wildman–Crippen LogP) is 5.32. The molecule has 0 spiro atoms. The van der Waals surface area contributed by atoms with Gasteiger partial charge < -0.3 is 0 Å². The molecule has 1 atom stereocenters. The van der Waals surface area contributed by atoms with Crippen LogP contribution in [0.15, 0.2) is 52.9 Å². The molecule has 3 aromatic rings. The van der Waals surface area contributed by atoms with Gasteiger partial charge in [0.2, 0.25) is 21.1 Å². The van der Waals surface area contributed by atoms with E-state index in [-0.39, 0.29) is 22.2 Å². The van der Waals surface area contributed by atoms with Crippen LogP contribution in [0, 0.1) is 0 Å². The molecule has 7 nitrogen and oxygen atoms in total. The first-order valence-electron chi connectivity index (χ1n) is 9.44. The highest BCUT2D eigenvalue weighted by Gasteiger charge is 2.32. The molecule has 12 heteroatoms. The SMILES string of the molecule is CCC(C(=O)Nc1nnc(SCc2ccccc2)s1)N(c1ccc(Cl)c(Cl)c1)S(C)(=O)=O.